The molecule has 1 saturated heterocycles. The van der Waals surface area contributed by atoms with Crippen molar-refractivity contribution in [3.05, 3.63) is 91.9 Å². The molecule has 0 aromatic heterocycles. The average molecular weight is 576 g/mol. The zero-order valence-corrected chi connectivity index (χ0v) is 22.9. The lowest BCUT2D eigenvalue weighted by molar-refractivity contribution is -0.122. The number of ether oxygens (including phenoxy) is 2. The summed E-state index contributed by atoms with van der Waals surface area (Å²) < 4.78 is 11.4. The first-order chi connectivity index (χ1) is 17.7. The molecule has 0 saturated carbocycles. The fourth-order valence-electron chi connectivity index (χ4n) is 3.69. The SMILES string of the molecule is CCc1ccc(N2C(=O)/C(=C/c3cc(Cl)c(OCc4ccc(Cl)cc4Cl)c(OC)c3)C(=O)NC2=S)cc1. The maximum absolute atomic E-state index is 13.3. The topological polar surface area (TPSA) is 67.9 Å². The Kier molecular flexibility index (Phi) is 8.39. The summed E-state index contributed by atoms with van der Waals surface area (Å²) in [4.78, 5) is 27.3. The molecule has 190 valence electrons. The van der Waals surface area contributed by atoms with Gasteiger partial charge in [0.2, 0.25) is 0 Å². The van der Waals surface area contributed by atoms with Crippen LogP contribution in [0.2, 0.25) is 15.1 Å². The highest BCUT2D eigenvalue weighted by Gasteiger charge is 2.34. The normalized spacial score (nSPS) is 14.7. The highest BCUT2D eigenvalue weighted by atomic mass is 35.5. The molecule has 1 fully saturated rings. The Morgan fingerprint density at radius 3 is 2.38 bits per heavy atom. The molecule has 0 bridgehead atoms. The van der Waals surface area contributed by atoms with Gasteiger partial charge < -0.3 is 9.47 Å². The lowest BCUT2D eigenvalue weighted by atomic mass is 10.1. The van der Waals surface area contributed by atoms with Crippen molar-refractivity contribution < 1.29 is 19.1 Å². The summed E-state index contributed by atoms with van der Waals surface area (Å²) in [5.74, 6) is -0.554. The van der Waals surface area contributed by atoms with E-state index in [4.69, 9.17) is 56.5 Å². The minimum absolute atomic E-state index is 0.0108. The van der Waals surface area contributed by atoms with Crippen molar-refractivity contribution >= 4 is 75.7 Å². The van der Waals surface area contributed by atoms with Crippen LogP contribution in [0.1, 0.15) is 23.6 Å². The quantitative estimate of drug-likeness (QED) is 0.195. The van der Waals surface area contributed by atoms with Crippen molar-refractivity contribution in [2.45, 2.75) is 20.0 Å². The summed E-state index contributed by atoms with van der Waals surface area (Å²) in [5.41, 5.74) is 2.74. The number of methoxy groups -OCH3 is 1. The maximum Gasteiger partial charge on any atom is 0.270 e. The molecule has 0 radical (unpaired) electrons. The van der Waals surface area contributed by atoms with Crippen molar-refractivity contribution in [3.8, 4) is 11.5 Å². The van der Waals surface area contributed by atoms with E-state index in [1.807, 2.05) is 19.1 Å². The molecule has 0 spiro atoms. The summed E-state index contributed by atoms with van der Waals surface area (Å²) in [5, 5.41) is 3.78. The molecule has 1 aliphatic heterocycles. The van der Waals surface area contributed by atoms with E-state index in [9.17, 15) is 9.59 Å². The van der Waals surface area contributed by atoms with Gasteiger partial charge in [-0.3, -0.25) is 19.8 Å². The highest BCUT2D eigenvalue weighted by molar-refractivity contribution is 7.80. The number of nitrogens with one attached hydrogen (secondary N) is 1. The first-order valence-corrected chi connectivity index (χ1v) is 12.7. The van der Waals surface area contributed by atoms with E-state index >= 15 is 0 Å². The summed E-state index contributed by atoms with van der Waals surface area (Å²) in [6, 6.07) is 15.7. The van der Waals surface area contributed by atoms with Gasteiger partial charge in [-0.15, -0.1) is 0 Å². The third-order valence-electron chi connectivity index (χ3n) is 5.65. The lowest BCUT2D eigenvalue weighted by Crippen LogP contribution is -2.54. The maximum atomic E-state index is 13.3. The first-order valence-electron chi connectivity index (χ1n) is 11.2. The van der Waals surface area contributed by atoms with Crippen LogP contribution in [0.5, 0.6) is 11.5 Å². The fourth-order valence-corrected chi connectivity index (χ4v) is 4.71. The molecule has 1 aliphatic rings. The van der Waals surface area contributed by atoms with E-state index < -0.39 is 11.8 Å². The number of hydrogen-bond acceptors (Lipinski definition) is 5. The molecule has 1 N–H and O–H groups in total. The Labute approximate surface area is 234 Å². The predicted molar refractivity (Wildman–Crippen MR) is 151 cm³/mol. The van der Waals surface area contributed by atoms with Crippen LogP contribution in [0.3, 0.4) is 0 Å². The van der Waals surface area contributed by atoms with Gasteiger partial charge in [0.25, 0.3) is 11.8 Å². The Morgan fingerprint density at radius 2 is 1.73 bits per heavy atom. The van der Waals surface area contributed by atoms with Gasteiger partial charge in [-0.05, 0) is 72.2 Å². The van der Waals surface area contributed by atoms with Gasteiger partial charge in [0, 0.05) is 15.6 Å². The van der Waals surface area contributed by atoms with Crippen molar-refractivity contribution in [1.29, 1.82) is 0 Å². The second kappa shape index (κ2) is 11.5. The van der Waals surface area contributed by atoms with E-state index in [2.05, 4.69) is 5.32 Å². The average Bonchev–Trinajstić information content (AvgIpc) is 2.87. The minimum Gasteiger partial charge on any atom is -0.493 e. The van der Waals surface area contributed by atoms with E-state index in [-0.39, 0.29) is 28.1 Å². The van der Waals surface area contributed by atoms with Crippen LogP contribution in [-0.4, -0.2) is 24.0 Å². The third-order valence-corrected chi connectivity index (χ3v) is 6.81. The third kappa shape index (κ3) is 5.91. The van der Waals surface area contributed by atoms with Gasteiger partial charge >= 0.3 is 0 Å². The van der Waals surface area contributed by atoms with Gasteiger partial charge in [-0.25, -0.2) is 0 Å². The lowest BCUT2D eigenvalue weighted by Gasteiger charge is -2.29. The smallest absolute Gasteiger partial charge is 0.270 e. The molecule has 2 amide bonds. The molecule has 3 aromatic carbocycles. The molecule has 37 heavy (non-hydrogen) atoms. The van der Waals surface area contributed by atoms with E-state index in [1.54, 1.807) is 42.5 Å². The van der Waals surface area contributed by atoms with Gasteiger partial charge in [0.15, 0.2) is 16.6 Å². The van der Waals surface area contributed by atoms with Crippen molar-refractivity contribution in [2.24, 2.45) is 0 Å². The molecule has 10 heteroatoms. The van der Waals surface area contributed by atoms with Crippen molar-refractivity contribution in [1.82, 2.24) is 5.32 Å². The Balaban J connectivity index is 1.63. The monoisotopic (exact) mass is 574 g/mol. The summed E-state index contributed by atoms with van der Waals surface area (Å²) in [7, 11) is 1.46. The van der Waals surface area contributed by atoms with Gasteiger partial charge in [-0.1, -0.05) is 59.9 Å². The van der Waals surface area contributed by atoms with E-state index in [1.165, 1.54) is 18.1 Å². The molecular weight excluding hydrogens is 555 g/mol. The number of anilines is 1. The van der Waals surface area contributed by atoms with Crippen LogP contribution in [0, 0.1) is 0 Å². The van der Waals surface area contributed by atoms with Crippen LogP contribution in [0.25, 0.3) is 6.08 Å². The van der Waals surface area contributed by atoms with Crippen molar-refractivity contribution in [2.75, 3.05) is 12.0 Å². The zero-order chi connectivity index (χ0) is 26.7. The molecule has 0 aliphatic carbocycles. The number of halogens is 3. The van der Waals surface area contributed by atoms with Crippen molar-refractivity contribution in [3.63, 3.8) is 0 Å². The number of carbonyl (C=O) groups excluding carboxylic acids is 2. The number of aryl methyl sites for hydroxylation is 1. The van der Waals surface area contributed by atoms with Crippen LogP contribution < -0.4 is 19.7 Å². The van der Waals surface area contributed by atoms with E-state index in [0.29, 0.717) is 32.6 Å². The summed E-state index contributed by atoms with van der Waals surface area (Å²) in [6.45, 7) is 2.16. The van der Waals surface area contributed by atoms with Gasteiger partial charge in [0.05, 0.1) is 17.8 Å². The molecule has 3 aromatic rings. The number of benzene rings is 3. The Morgan fingerprint density at radius 1 is 1.00 bits per heavy atom. The van der Waals surface area contributed by atoms with Gasteiger partial charge in [-0.2, -0.15) is 0 Å². The molecule has 6 nitrogen and oxygen atoms in total. The number of amides is 2. The molecular formula is C27H21Cl3N2O4S. The minimum atomic E-state index is -0.607. The Bertz CT molecular complexity index is 1420. The molecule has 1 heterocycles. The second-order valence-electron chi connectivity index (χ2n) is 8.04. The van der Waals surface area contributed by atoms with Crippen LogP contribution in [-0.2, 0) is 22.6 Å². The van der Waals surface area contributed by atoms with Crippen LogP contribution in [0.15, 0.2) is 60.2 Å². The highest BCUT2D eigenvalue weighted by Crippen LogP contribution is 2.38. The molecule has 0 unspecified atom stereocenters. The predicted octanol–water partition coefficient (Wildman–Crippen LogP) is 6.63. The largest absolute Gasteiger partial charge is 0.493 e. The molecule has 4 rings (SSSR count). The number of nitrogens with zero attached hydrogens (tertiary/aromatic N) is 1. The van der Waals surface area contributed by atoms with E-state index in [0.717, 1.165) is 12.0 Å². The zero-order valence-electron chi connectivity index (χ0n) is 19.8. The number of carbonyl (C=O) groups is 2. The number of hydrogen-bond donors (Lipinski definition) is 1. The molecule has 0 atom stereocenters. The standard InChI is InChI=1S/C27H21Cl3N2O4S/c1-3-15-4-8-19(9-5-15)32-26(34)20(25(33)31-27(32)37)10-16-11-22(30)24(23(12-16)35-2)36-14-17-6-7-18(28)13-21(17)29/h4-13H,3,14H2,1-2H3,(H,31,33,37)/b20-10+. The fraction of sp³-hybridized carbons (Fsp3) is 0.148. The van der Waals surface area contributed by atoms with Crippen LogP contribution in [0.4, 0.5) is 5.69 Å². The van der Waals surface area contributed by atoms with Gasteiger partial charge in [0.1, 0.15) is 12.2 Å². The second-order valence-corrected chi connectivity index (χ2v) is 9.67. The Hall–Kier alpha value is -3.10. The summed E-state index contributed by atoms with van der Waals surface area (Å²) >= 11 is 24.0. The summed E-state index contributed by atoms with van der Waals surface area (Å²) in [6.07, 6.45) is 2.29. The number of thiocarbonyl (C=S) groups is 1. The number of rotatable bonds is 7. The van der Waals surface area contributed by atoms with Crippen LogP contribution >= 0.6 is 47.0 Å². The first kappa shape index (κ1) is 26.9.